The maximum absolute atomic E-state index is 12.8. The lowest BCUT2D eigenvalue weighted by Crippen LogP contribution is -2.24. The summed E-state index contributed by atoms with van der Waals surface area (Å²) in [6, 6.07) is 11.7. The van der Waals surface area contributed by atoms with Crippen molar-refractivity contribution in [2.24, 2.45) is 0 Å². The topological polar surface area (TPSA) is 51.2 Å². The fourth-order valence-corrected chi connectivity index (χ4v) is 2.91. The van der Waals surface area contributed by atoms with Crippen LogP contribution in [-0.2, 0) is 24.4 Å². The van der Waals surface area contributed by atoms with E-state index >= 15 is 0 Å². The minimum atomic E-state index is -0.319. The van der Waals surface area contributed by atoms with Gasteiger partial charge >= 0.3 is 0 Å². The highest BCUT2D eigenvalue weighted by atomic mass is 32.1. The number of benzene rings is 2. The van der Waals surface area contributed by atoms with Crippen LogP contribution in [-0.4, -0.2) is 10.9 Å². The summed E-state index contributed by atoms with van der Waals surface area (Å²) in [6.45, 7) is 0.595. The number of nitrogens with one attached hydrogen (secondary N) is 1. The summed E-state index contributed by atoms with van der Waals surface area (Å²) >= 11 is 1.40. The number of hydrogen-bond donors (Lipinski definition) is 1. The van der Waals surface area contributed by atoms with Crippen LogP contribution in [0.25, 0.3) is 0 Å². The number of ether oxygens (including phenoxy) is 1. The summed E-state index contributed by atoms with van der Waals surface area (Å²) in [6.07, 6.45) is 0.161. The molecule has 4 nitrogen and oxygen atoms in total. The Hall–Kier alpha value is -2.80. The molecule has 7 heteroatoms. The highest BCUT2D eigenvalue weighted by molar-refractivity contribution is 7.09. The molecule has 26 heavy (non-hydrogen) atoms. The summed E-state index contributed by atoms with van der Waals surface area (Å²) in [5.74, 6) is -0.232. The van der Waals surface area contributed by atoms with Crippen molar-refractivity contribution >= 4 is 17.2 Å². The van der Waals surface area contributed by atoms with Gasteiger partial charge in [0, 0.05) is 11.9 Å². The molecule has 2 aromatic carbocycles. The molecule has 0 saturated heterocycles. The Morgan fingerprint density at radius 3 is 2.38 bits per heavy atom. The van der Waals surface area contributed by atoms with Crippen LogP contribution in [0.3, 0.4) is 0 Å². The normalized spacial score (nSPS) is 10.5. The zero-order valence-electron chi connectivity index (χ0n) is 13.7. The van der Waals surface area contributed by atoms with Crippen LogP contribution in [0.4, 0.5) is 8.78 Å². The molecule has 3 aromatic rings. The quantitative estimate of drug-likeness (QED) is 0.683. The number of thiazole rings is 1. The first-order valence-electron chi connectivity index (χ1n) is 7.91. The second-order valence-electron chi connectivity index (χ2n) is 5.56. The lowest BCUT2D eigenvalue weighted by atomic mass is 10.2. The Morgan fingerprint density at radius 1 is 1.04 bits per heavy atom. The molecule has 0 saturated carbocycles. The standard InChI is InChI=1S/C19H16F2N2O2S/c20-14-3-1-13(2-4-14)10-22-18(24)9-16-12-26-19(23-16)11-25-17-7-5-15(21)6-8-17/h1-8,12H,9-11H2,(H,22,24). The lowest BCUT2D eigenvalue weighted by molar-refractivity contribution is -0.120. The molecule has 0 aliphatic heterocycles. The summed E-state index contributed by atoms with van der Waals surface area (Å²) in [5.41, 5.74) is 1.48. The SMILES string of the molecule is O=C(Cc1csc(COc2ccc(F)cc2)n1)NCc1ccc(F)cc1. The van der Waals surface area contributed by atoms with Crippen LogP contribution in [0.5, 0.6) is 5.75 Å². The predicted molar refractivity (Wildman–Crippen MR) is 94.8 cm³/mol. The number of hydrogen-bond acceptors (Lipinski definition) is 4. The van der Waals surface area contributed by atoms with Gasteiger partial charge in [-0.2, -0.15) is 0 Å². The van der Waals surface area contributed by atoms with Crippen LogP contribution < -0.4 is 10.1 Å². The first kappa shape index (κ1) is 18.0. The van der Waals surface area contributed by atoms with Gasteiger partial charge in [-0.3, -0.25) is 4.79 Å². The Balaban J connectivity index is 1.45. The number of nitrogens with zero attached hydrogens (tertiary/aromatic N) is 1. The van der Waals surface area contributed by atoms with Crippen LogP contribution in [0.15, 0.2) is 53.9 Å². The lowest BCUT2D eigenvalue weighted by Gasteiger charge is -2.04. The summed E-state index contributed by atoms with van der Waals surface area (Å²) in [5, 5.41) is 5.31. The molecule has 134 valence electrons. The first-order valence-corrected chi connectivity index (χ1v) is 8.79. The van der Waals surface area contributed by atoms with Gasteiger partial charge in [-0.15, -0.1) is 11.3 Å². The third-order valence-electron chi connectivity index (χ3n) is 3.52. The summed E-state index contributed by atoms with van der Waals surface area (Å²) in [7, 11) is 0. The van der Waals surface area contributed by atoms with E-state index in [4.69, 9.17) is 4.74 Å². The van der Waals surface area contributed by atoms with E-state index in [9.17, 15) is 13.6 Å². The maximum Gasteiger partial charge on any atom is 0.226 e. The van der Waals surface area contributed by atoms with Crippen LogP contribution in [0.2, 0.25) is 0 Å². The van der Waals surface area contributed by atoms with E-state index in [0.717, 1.165) is 10.6 Å². The van der Waals surface area contributed by atoms with Gasteiger partial charge in [-0.05, 0) is 42.0 Å². The van der Waals surface area contributed by atoms with Gasteiger partial charge in [0.25, 0.3) is 0 Å². The molecule has 1 aromatic heterocycles. The fraction of sp³-hybridized carbons (Fsp3) is 0.158. The average molecular weight is 374 g/mol. The largest absolute Gasteiger partial charge is 0.486 e. The zero-order valence-corrected chi connectivity index (χ0v) is 14.6. The highest BCUT2D eigenvalue weighted by Gasteiger charge is 2.08. The zero-order chi connectivity index (χ0) is 18.4. The van der Waals surface area contributed by atoms with E-state index in [1.54, 1.807) is 29.6 Å². The molecule has 1 heterocycles. The van der Waals surface area contributed by atoms with Crippen molar-refractivity contribution in [3.63, 3.8) is 0 Å². The summed E-state index contributed by atoms with van der Waals surface area (Å²) < 4.78 is 31.2. The second-order valence-corrected chi connectivity index (χ2v) is 6.50. The maximum atomic E-state index is 12.8. The average Bonchev–Trinajstić information content (AvgIpc) is 3.08. The van der Waals surface area contributed by atoms with E-state index in [-0.39, 0.29) is 30.6 Å². The van der Waals surface area contributed by atoms with Gasteiger partial charge in [0.1, 0.15) is 29.0 Å². The van der Waals surface area contributed by atoms with E-state index in [1.165, 1.54) is 35.6 Å². The molecule has 0 aliphatic carbocycles. The third-order valence-corrected chi connectivity index (χ3v) is 4.39. The Bertz CT molecular complexity index is 864. The number of rotatable bonds is 7. The van der Waals surface area contributed by atoms with Crippen LogP contribution >= 0.6 is 11.3 Å². The molecule has 1 amide bonds. The summed E-state index contributed by atoms with van der Waals surface area (Å²) in [4.78, 5) is 16.3. The molecular formula is C19H16F2N2O2S. The Kier molecular flexibility index (Phi) is 5.91. The molecular weight excluding hydrogens is 358 g/mol. The fourth-order valence-electron chi connectivity index (χ4n) is 2.20. The second kappa shape index (κ2) is 8.53. The molecule has 0 unspecified atom stereocenters. The van der Waals surface area contributed by atoms with Gasteiger partial charge in [-0.25, -0.2) is 13.8 Å². The van der Waals surface area contributed by atoms with Gasteiger partial charge in [-0.1, -0.05) is 12.1 Å². The predicted octanol–water partition coefficient (Wildman–Crippen LogP) is 3.86. The minimum absolute atomic E-state index is 0.161. The number of amides is 1. The van der Waals surface area contributed by atoms with E-state index in [2.05, 4.69) is 10.3 Å². The van der Waals surface area contributed by atoms with Gasteiger partial charge in [0.05, 0.1) is 12.1 Å². The molecule has 0 atom stereocenters. The molecule has 3 rings (SSSR count). The van der Waals surface area contributed by atoms with Crippen molar-refractivity contribution in [3.8, 4) is 5.75 Å². The van der Waals surface area contributed by atoms with Gasteiger partial charge in [0.2, 0.25) is 5.91 Å². The Morgan fingerprint density at radius 2 is 1.69 bits per heavy atom. The van der Waals surface area contributed by atoms with E-state index in [0.29, 0.717) is 18.0 Å². The van der Waals surface area contributed by atoms with Crippen molar-refractivity contribution in [2.45, 2.75) is 19.6 Å². The van der Waals surface area contributed by atoms with Crippen molar-refractivity contribution in [2.75, 3.05) is 0 Å². The highest BCUT2D eigenvalue weighted by Crippen LogP contribution is 2.16. The van der Waals surface area contributed by atoms with Crippen LogP contribution in [0, 0.1) is 11.6 Å². The molecule has 0 radical (unpaired) electrons. The van der Waals surface area contributed by atoms with Crippen molar-refractivity contribution in [1.82, 2.24) is 10.3 Å². The van der Waals surface area contributed by atoms with Crippen molar-refractivity contribution in [3.05, 3.63) is 81.8 Å². The Labute approximate surface area is 153 Å². The number of carbonyl (C=O) groups is 1. The minimum Gasteiger partial charge on any atom is -0.486 e. The monoisotopic (exact) mass is 374 g/mol. The van der Waals surface area contributed by atoms with E-state index in [1.807, 2.05) is 0 Å². The molecule has 0 bridgehead atoms. The number of aromatic nitrogens is 1. The third kappa shape index (κ3) is 5.35. The molecule has 1 N–H and O–H groups in total. The molecule has 0 spiro atoms. The molecule has 0 aliphatic rings. The van der Waals surface area contributed by atoms with Crippen molar-refractivity contribution in [1.29, 1.82) is 0 Å². The van der Waals surface area contributed by atoms with Crippen molar-refractivity contribution < 1.29 is 18.3 Å². The number of halogens is 2. The van der Waals surface area contributed by atoms with Gasteiger partial charge in [0.15, 0.2) is 0 Å². The number of carbonyl (C=O) groups excluding carboxylic acids is 1. The smallest absolute Gasteiger partial charge is 0.226 e. The van der Waals surface area contributed by atoms with Crippen LogP contribution in [0.1, 0.15) is 16.3 Å². The first-order chi connectivity index (χ1) is 12.6. The van der Waals surface area contributed by atoms with E-state index < -0.39 is 0 Å². The molecule has 0 fully saturated rings. The van der Waals surface area contributed by atoms with Gasteiger partial charge < -0.3 is 10.1 Å².